The Morgan fingerprint density at radius 2 is 0.904 bits per heavy atom. The van der Waals surface area contributed by atoms with E-state index in [1.807, 2.05) is 22.7 Å². The molecule has 12 rings (SSSR count). The minimum absolute atomic E-state index is 0.671. The van der Waals surface area contributed by atoms with Gasteiger partial charge in [0.25, 0.3) is 0 Å². The Hall–Kier alpha value is -6.27. The maximum absolute atomic E-state index is 5.31. The molecular formula is C47H25N3S2. The van der Waals surface area contributed by atoms with Gasteiger partial charge in [0.1, 0.15) is 0 Å². The molecule has 0 spiro atoms. The van der Waals surface area contributed by atoms with E-state index in [-0.39, 0.29) is 0 Å². The molecule has 0 unspecified atom stereocenters. The molecule has 0 fully saturated rings. The molecule has 0 atom stereocenters. The maximum Gasteiger partial charge on any atom is 0.164 e. The first-order valence-electron chi connectivity index (χ1n) is 17.4. The number of rotatable bonds is 3. The van der Waals surface area contributed by atoms with Crippen molar-refractivity contribution in [3.8, 4) is 56.4 Å². The van der Waals surface area contributed by atoms with E-state index in [9.17, 15) is 0 Å². The molecule has 3 nitrogen and oxygen atoms in total. The van der Waals surface area contributed by atoms with Crippen LogP contribution in [0.2, 0.25) is 0 Å². The quantitative estimate of drug-likeness (QED) is 0.185. The van der Waals surface area contributed by atoms with E-state index in [1.165, 1.54) is 73.4 Å². The summed E-state index contributed by atoms with van der Waals surface area (Å²) in [5.74, 6) is 2.02. The lowest BCUT2D eigenvalue weighted by Gasteiger charge is -2.11. The summed E-state index contributed by atoms with van der Waals surface area (Å²) in [7, 11) is 0. The van der Waals surface area contributed by atoms with Gasteiger partial charge in [0, 0.05) is 57.0 Å². The molecule has 0 saturated carbocycles. The van der Waals surface area contributed by atoms with Gasteiger partial charge in [-0.25, -0.2) is 15.0 Å². The van der Waals surface area contributed by atoms with Crippen LogP contribution >= 0.6 is 22.7 Å². The van der Waals surface area contributed by atoms with Crippen molar-refractivity contribution < 1.29 is 0 Å². The number of thiophene rings is 2. The van der Waals surface area contributed by atoms with Crippen LogP contribution in [-0.4, -0.2) is 15.0 Å². The molecule has 0 N–H and O–H groups in total. The average molecular weight is 696 g/mol. The first-order valence-corrected chi connectivity index (χ1v) is 19.1. The molecule has 52 heavy (non-hydrogen) atoms. The van der Waals surface area contributed by atoms with Crippen molar-refractivity contribution in [3.05, 3.63) is 152 Å². The molecule has 0 radical (unpaired) electrons. The highest BCUT2D eigenvalue weighted by molar-refractivity contribution is 7.26. The van der Waals surface area contributed by atoms with Gasteiger partial charge < -0.3 is 0 Å². The summed E-state index contributed by atoms with van der Waals surface area (Å²) in [6.45, 7) is 0. The third kappa shape index (κ3) is 4.03. The fourth-order valence-corrected chi connectivity index (χ4v) is 10.6. The van der Waals surface area contributed by atoms with Crippen LogP contribution in [0.3, 0.4) is 0 Å². The first kappa shape index (κ1) is 28.4. The van der Waals surface area contributed by atoms with Gasteiger partial charge >= 0.3 is 0 Å². The lowest BCUT2D eigenvalue weighted by Crippen LogP contribution is -2.00. The lowest BCUT2D eigenvalue weighted by molar-refractivity contribution is 1.08. The molecule has 240 valence electrons. The second-order valence-corrected chi connectivity index (χ2v) is 15.7. The number of fused-ring (bicyclic) bond motifs is 10. The summed E-state index contributed by atoms with van der Waals surface area (Å²) >= 11 is 3.66. The number of aromatic nitrogens is 3. The Labute approximate surface area is 306 Å². The molecule has 0 amide bonds. The van der Waals surface area contributed by atoms with Crippen LogP contribution in [0, 0.1) is 0 Å². The Bertz CT molecular complexity index is 3310. The van der Waals surface area contributed by atoms with Gasteiger partial charge in [-0.05, 0) is 86.3 Å². The molecule has 0 bridgehead atoms. The topological polar surface area (TPSA) is 38.7 Å². The normalized spacial score (nSPS) is 12.2. The van der Waals surface area contributed by atoms with Crippen molar-refractivity contribution in [2.75, 3.05) is 0 Å². The van der Waals surface area contributed by atoms with Crippen LogP contribution in [0.5, 0.6) is 0 Å². The molecule has 5 heteroatoms. The predicted molar refractivity (Wildman–Crippen MR) is 221 cm³/mol. The highest BCUT2D eigenvalue weighted by atomic mass is 32.1. The van der Waals surface area contributed by atoms with Crippen molar-refractivity contribution in [3.63, 3.8) is 0 Å². The van der Waals surface area contributed by atoms with E-state index < -0.39 is 0 Å². The van der Waals surface area contributed by atoms with E-state index in [0.717, 1.165) is 27.5 Å². The van der Waals surface area contributed by atoms with E-state index in [1.54, 1.807) is 0 Å². The highest BCUT2D eigenvalue weighted by Crippen LogP contribution is 2.51. The zero-order chi connectivity index (χ0) is 33.9. The first-order chi connectivity index (χ1) is 25.7. The number of hydrogen-bond acceptors (Lipinski definition) is 5. The van der Waals surface area contributed by atoms with Crippen LogP contribution in [0.4, 0.5) is 0 Å². The highest BCUT2D eigenvalue weighted by Gasteiger charge is 2.24. The van der Waals surface area contributed by atoms with Crippen LogP contribution in [-0.2, 0) is 0 Å². The van der Waals surface area contributed by atoms with E-state index in [4.69, 9.17) is 15.0 Å². The minimum atomic E-state index is 0.671. The molecule has 0 saturated heterocycles. The zero-order valence-corrected chi connectivity index (χ0v) is 29.2. The molecule has 1 aliphatic rings. The van der Waals surface area contributed by atoms with E-state index >= 15 is 0 Å². The Balaban J connectivity index is 1.13. The van der Waals surface area contributed by atoms with Crippen molar-refractivity contribution in [1.29, 1.82) is 0 Å². The second-order valence-electron chi connectivity index (χ2n) is 13.5. The third-order valence-electron chi connectivity index (χ3n) is 10.7. The molecule has 8 aromatic carbocycles. The fourth-order valence-electron chi connectivity index (χ4n) is 8.33. The van der Waals surface area contributed by atoms with E-state index in [0.29, 0.717) is 17.5 Å². The number of hydrogen-bond donors (Lipinski definition) is 0. The van der Waals surface area contributed by atoms with Crippen molar-refractivity contribution >= 4 is 84.6 Å². The van der Waals surface area contributed by atoms with Gasteiger partial charge in [-0.1, -0.05) is 109 Å². The van der Waals surface area contributed by atoms with Crippen molar-refractivity contribution in [2.24, 2.45) is 0 Å². The van der Waals surface area contributed by atoms with Crippen molar-refractivity contribution in [1.82, 2.24) is 15.0 Å². The molecular weight excluding hydrogens is 671 g/mol. The Morgan fingerprint density at radius 3 is 1.77 bits per heavy atom. The zero-order valence-electron chi connectivity index (χ0n) is 27.6. The van der Waals surface area contributed by atoms with Gasteiger partial charge in [-0.2, -0.15) is 0 Å². The molecule has 0 aliphatic heterocycles. The van der Waals surface area contributed by atoms with Gasteiger partial charge in [-0.3, -0.25) is 0 Å². The minimum Gasteiger partial charge on any atom is -0.208 e. The standard InChI is InChI=1S/C47H25N3S2/c1-2-13-29-26(9-1)10-5-17-33(29)46-48-45(28-21-22-40-37(23-28)30-14-3-4-19-39(30)51-40)49-47(50-46)34-18-8-20-41-44(34)38-24-35-31-15-6-11-27-12-7-16-32(43(27)31)36(35)25-42(38)52-41/h1-25H. The molecule has 3 heterocycles. The van der Waals surface area contributed by atoms with E-state index in [2.05, 4.69) is 152 Å². The smallest absolute Gasteiger partial charge is 0.164 e. The summed E-state index contributed by atoms with van der Waals surface area (Å²) in [4.78, 5) is 15.8. The lowest BCUT2D eigenvalue weighted by atomic mass is 9.99. The largest absolute Gasteiger partial charge is 0.208 e. The van der Waals surface area contributed by atoms with Gasteiger partial charge in [0.05, 0.1) is 0 Å². The maximum atomic E-state index is 5.31. The predicted octanol–water partition coefficient (Wildman–Crippen LogP) is 13.6. The Kier molecular flexibility index (Phi) is 5.81. The monoisotopic (exact) mass is 695 g/mol. The molecule has 11 aromatic rings. The third-order valence-corrected chi connectivity index (χ3v) is 12.9. The molecule has 3 aromatic heterocycles. The number of benzene rings is 8. The van der Waals surface area contributed by atoms with Gasteiger partial charge in [0.15, 0.2) is 17.5 Å². The summed E-state index contributed by atoms with van der Waals surface area (Å²) < 4.78 is 5.03. The summed E-state index contributed by atoms with van der Waals surface area (Å²) in [6, 6.07) is 54.7. The van der Waals surface area contributed by atoms with Crippen LogP contribution in [0.25, 0.3) is 118 Å². The van der Waals surface area contributed by atoms with Gasteiger partial charge in [-0.15, -0.1) is 22.7 Å². The van der Waals surface area contributed by atoms with Crippen LogP contribution in [0.15, 0.2) is 152 Å². The van der Waals surface area contributed by atoms with Crippen LogP contribution < -0.4 is 0 Å². The summed E-state index contributed by atoms with van der Waals surface area (Å²) in [5, 5.41) is 9.82. The summed E-state index contributed by atoms with van der Waals surface area (Å²) in [5.41, 5.74) is 8.22. The Morgan fingerprint density at radius 1 is 0.308 bits per heavy atom. The summed E-state index contributed by atoms with van der Waals surface area (Å²) in [6.07, 6.45) is 0. The average Bonchev–Trinajstić information content (AvgIpc) is 3.86. The second kappa shape index (κ2) is 10.6. The number of nitrogens with zero attached hydrogens (tertiary/aromatic N) is 3. The van der Waals surface area contributed by atoms with Crippen LogP contribution in [0.1, 0.15) is 0 Å². The van der Waals surface area contributed by atoms with Gasteiger partial charge in [0.2, 0.25) is 0 Å². The van der Waals surface area contributed by atoms with Crippen molar-refractivity contribution in [2.45, 2.75) is 0 Å². The molecule has 1 aliphatic carbocycles. The SMILES string of the molecule is c1ccc2c(-c3nc(-c4ccc5sc6ccccc6c5c4)nc(-c4cccc5sc6cc7c(cc6c45)-c4cccc5cccc-7c45)n3)cccc2c1. The fraction of sp³-hybridized carbons (Fsp3) is 0.